The second-order valence-electron chi connectivity index (χ2n) is 8.48. The van der Waals surface area contributed by atoms with Gasteiger partial charge in [-0.3, -0.25) is 4.79 Å². The molecule has 0 fully saturated rings. The third kappa shape index (κ3) is 3.59. The number of hydrogen-bond acceptors (Lipinski definition) is 2. The summed E-state index contributed by atoms with van der Waals surface area (Å²) < 4.78 is 13.8. The molecule has 142 valence electrons. The van der Waals surface area contributed by atoms with Gasteiger partial charge in [0, 0.05) is 11.3 Å². The smallest absolute Gasteiger partial charge is 0.338 e. The van der Waals surface area contributed by atoms with E-state index in [0.717, 1.165) is 25.0 Å². The molecule has 0 aliphatic heterocycles. The highest BCUT2D eigenvalue weighted by molar-refractivity contribution is 6.04. The van der Waals surface area contributed by atoms with Gasteiger partial charge in [-0.1, -0.05) is 33.8 Å². The number of carboxylic acids is 1. The molecule has 0 heterocycles. The van der Waals surface area contributed by atoms with E-state index in [4.69, 9.17) is 5.11 Å². The van der Waals surface area contributed by atoms with Crippen molar-refractivity contribution in [1.82, 2.24) is 0 Å². The lowest BCUT2D eigenvalue weighted by molar-refractivity contribution is 0.0691. The highest BCUT2D eigenvalue weighted by Crippen LogP contribution is 2.45. The first-order chi connectivity index (χ1) is 12.5. The maximum absolute atomic E-state index is 13.8. The molecule has 0 bridgehead atoms. The van der Waals surface area contributed by atoms with Gasteiger partial charge in [-0.05, 0) is 65.1 Å². The van der Waals surface area contributed by atoms with Crippen LogP contribution in [0, 0.1) is 5.82 Å². The van der Waals surface area contributed by atoms with Crippen LogP contribution < -0.4 is 5.32 Å². The fraction of sp³-hybridized carbons (Fsp3) is 0.364. The topological polar surface area (TPSA) is 66.4 Å². The van der Waals surface area contributed by atoms with E-state index in [2.05, 4.69) is 33.0 Å². The number of nitrogens with one attached hydrogen (secondary N) is 1. The summed E-state index contributed by atoms with van der Waals surface area (Å²) in [5.41, 5.74) is 2.77. The van der Waals surface area contributed by atoms with Crippen LogP contribution >= 0.6 is 0 Å². The van der Waals surface area contributed by atoms with Crippen LogP contribution in [0.2, 0.25) is 0 Å². The number of carboxylic acid groups (broad SMARTS) is 1. The molecule has 0 radical (unpaired) electrons. The van der Waals surface area contributed by atoms with Crippen LogP contribution in [0.1, 0.15) is 72.4 Å². The molecule has 0 saturated carbocycles. The molecule has 1 amide bonds. The molecule has 0 spiro atoms. The summed E-state index contributed by atoms with van der Waals surface area (Å²) in [7, 11) is 0. The Morgan fingerprint density at radius 2 is 1.59 bits per heavy atom. The Balaban J connectivity index is 1.90. The molecule has 0 aromatic heterocycles. The first kappa shape index (κ1) is 19.1. The van der Waals surface area contributed by atoms with Gasteiger partial charge in [0.05, 0.1) is 5.56 Å². The van der Waals surface area contributed by atoms with Crippen molar-refractivity contribution in [3.05, 3.63) is 64.5 Å². The molecule has 4 nitrogen and oxygen atoms in total. The number of amides is 1. The van der Waals surface area contributed by atoms with Crippen LogP contribution in [0.15, 0.2) is 36.4 Å². The van der Waals surface area contributed by atoms with Crippen LogP contribution in [-0.4, -0.2) is 17.0 Å². The van der Waals surface area contributed by atoms with Crippen LogP contribution in [0.4, 0.5) is 10.1 Å². The third-order valence-electron chi connectivity index (χ3n) is 5.57. The Hall–Kier alpha value is -2.69. The fourth-order valence-electron chi connectivity index (χ4n) is 3.70. The van der Waals surface area contributed by atoms with Gasteiger partial charge in [-0.25, -0.2) is 9.18 Å². The van der Waals surface area contributed by atoms with Crippen molar-refractivity contribution < 1.29 is 19.1 Å². The summed E-state index contributed by atoms with van der Waals surface area (Å²) in [6.07, 6.45) is 2.13. The van der Waals surface area contributed by atoms with Crippen molar-refractivity contribution >= 4 is 17.6 Å². The number of carbonyl (C=O) groups excluding carboxylic acids is 1. The minimum atomic E-state index is -1.34. The maximum atomic E-state index is 13.8. The highest BCUT2D eigenvalue weighted by atomic mass is 19.1. The molecule has 2 aromatic rings. The maximum Gasteiger partial charge on any atom is 0.338 e. The minimum Gasteiger partial charge on any atom is -0.478 e. The fourth-order valence-corrected chi connectivity index (χ4v) is 3.70. The average molecular weight is 369 g/mol. The first-order valence-corrected chi connectivity index (χ1v) is 9.00. The van der Waals surface area contributed by atoms with Crippen molar-refractivity contribution in [2.45, 2.75) is 51.4 Å². The first-order valence-electron chi connectivity index (χ1n) is 9.00. The summed E-state index contributed by atoms with van der Waals surface area (Å²) in [5.74, 6) is -2.57. The largest absolute Gasteiger partial charge is 0.478 e. The summed E-state index contributed by atoms with van der Waals surface area (Å²) in [5, 5.41) is 11.5. The number of benzene rings is 2. The van der Waals surface area contributed by atoms with Gasteiger partial charge in [-0.2, -0.15) is 0 Å². The van der Waals surface area contributed by atoms with Gasteiger partial charge in [0.15, 0.2) is 0 Å². The molecular weight excluding hydrogens is 345 g/mol. The van der Waals surface area contributed by atoms with Crippen molar-refractivity contribution in [3.63, 3.8) is 0 Å². The molecule has 2 N–H and O–H groups in total. The molecule has 2 aromatic carbocycles. The van der Waals surface area contributed by atoms with Crippen molar-refractivity contribution in [2.75, 3.05) is 5.32 Å². The summed E-state index contributed by atoms with van der Waals surface area (Å²) in [6, 6.07) is 9.28. The lowest BCUT2D eigenvalue weighted by atomic mass is 9.63. The quantitative estimate of drug-likeness (QED) is 0.789. The molecule has 0 unspecified atom stereocenters. The van der Waals surface area contributed by atoms with Gasteiger partial charge >= 0.3 is 5.97 Å². The number of hydrogen-bond donors (Lipinski definition) is 2. The predicted molar refractivity (Wildman–Crippen MR) is 103 cm³/mol. The van der Waals surface area contributed by atoms with Crippen molar-refractivity contribution in [1.29, 1.82) is 0 Å². The third-order valence-corrected chi connectivity index (χ3v) is 5.57. The van der Waals surface area contributed by atoms with Gasteiger partial charge in [0.25, 0.3) is 5.91 Å². The van der Waals surface area contributed by atoms with E-state index in [1.165, 1.54) is 17.2 Å². The van der Waals surface area contributed by atoms with E-state index in [1.807, 2.05) is 12.1 Å². The molecule has 0 atom stereocenters. The monoisotopic (exact) mass is 369 g/mol. The summed E-state index contributed by atoms with van der Waals surface area (Å²) in [6.45, 7) is 8.80. The van der Waals surface area contributed by atoms with Crippen molar-refractivity contribution in [3.8, 4) is 0 Å². The Morgan fingerprint density at radius 1 is 0.963 bits per heavy atom. The van der Waals surface area contributed by atoms with Crippen LogP contribution in [0.5, 0.6) is 0 Å². The lowest BCUT2D eigenvalue weighted by Gasteiger charge is -2.42. The normalized spacial score (nSPS) is 17.1. The number of fused-ring (bicyclic) bond motifs is 1. The van der Waals surface area contributed by atoms with E-state index in [1.54, 1.807) is 6.07 Å². The van der Waals surface area contributed by atoms with Gasteiger partial charge in [0.1, 0.15) is 5.82 Å². The van der Waals surface area contributed by atoms with E-state index < -0.39 is 17.3 Å². The van der Waals surface area contributed by atoms with Crippen LogP contribution in [-0.2, 0) is 10.8 Å². The number of carbonyl (C=O) groups is 2. The number of rotatable bonds is 3. The minimum absolute atomic E-state index is 0.0175. The van der Waals surface area contributed by atoms with Gasteiger partial charge in [0.2, 0.25) is 0 Å². The molecule has 5 heteroatoms. The zero-order valence-corrected chi connectivity index (χ0v) is 16.0. The molecular formula is C22H24FNO3. The van der Waals surface area contributed by atoms with Gasteiger partial charge in [-0.15, -0.1) is 0 Å². The standard InChI is InChI=1S/C22H24FNO3/c1-21(2)9-10-22(3,4)17-11-13(5-8-16(17)21)19(25)24-14-6-7-15(20(26)27)18(23)12-14/h5-8,11-12H,9-10H2,1-4H3,(H,24,25)(H,26,27). The van der Waals surface area contributed by atoms with Crippen molar-refractivity contribution in [2.24, 2.45) is 0 Å². The van der Waals surface area contributed by atoms with E-state index in [0.29, 0.717) is 5.56 Å². The highest BCUT2D eigenvalue weighted by Gasteiger charge is 2.37. The lowest BCUT2D eigenvalue weighted by Crippen LogP contribution is -2.34. The summed E-state index contributed by atoms with van der Waals surface area (Å²) >= 11 is 0. The number of anilines is 1. The van der Waals surface area contributed by atoms with E-state index in [-0.39, 0.29) is 22.4 Å². The second kappa shape index (κ2) is 6.48. The summed E-state index contributed by atoms with van der Waals surface area (Å²) in [4.78, 5) is 23.6. The SMILES string of the molecule is CC1(C)CCC(C)(C)c2cc(C(=O)Nc3ccc(C(=O)O)c(F)c3)ccc21. The van der Waals surface area contributed by atoms with E-state index >= 15 is 0 Å². The Bertz CT molecular complexity index is 931. The number of aromatic carboxylic acids is 1. The zero-order valence-electron chi connectivity index (χ0n) is 16.0. The molecule has 3 rings (SSSR count). The zero-order chi connectivity index (χ0) is 20.0. The average Bonchev–Trinajstić information content (AvgIpc) is 2.58. The molecule has 1 aliphatic carbocycles. The molecule has 27 heavy (non-hydrogen) atoms. The molecule has 1 aliphatic rings. The predicted octanol–water partition coefficient (Wildman–Crippen LogP) is 5.13. The number of halogens is 1. The van der Waals surface area contributed by atoms with Gasteiger partial charge < -0.3 is 10.4 Å². The Morgan fingerprint density at radius 3 is 2.19 bits per heavy atom. The van der Waals surface area contributed by atoms with E-state index in [9.17, 15) is 14.0 Å². The second-order valence-corrected chi connectivity index (χ2v) is 8.48. The Labute approximate surface area is 158 Å². The van der Waals surface area contributed by atoms with Crippen LogP contribution in [0.3, 0.4) is 0 Å². The Kier molecular flexibility index (Phi) is 4.58. The van der Waals surface area contributed by atoms with Crippen LogP contribution in [0.25, 0.3) is 0 Å². The molecule has 0 saturated heterocycles.